The lowest BCUT2D eigenvalue weighted by molar-refractivity contribution is -0.137. The topological polar surface area (TPSA) is 78.9 Å². The molecule has 0 spiro atoms. The van der Waals surface area contributed by atoms with Gasteiger partial charge < -0.3 is 19.4 Å². The molecule has 2 aromatic rings. The lowest BCUT2D eigenvalue weighted by atomic mass is 9.96. The van der Waals surface area contributed by atoms with Gasteiger partial charge in [0.05, 0.1) is 18.2 Å². The fraction of sp³-hybridized carbons (Fsp3) is 0.520. The second-order valence-corrected chi connectivity index (χ2v) is 8.87. The van der Waals surface area contributed by atoms with Crippen molar-refractivity contribution in [3.63, 3.8) is 0 Å². The van der Waals surface area contributed by atoms with E-state index in [1.165, 1.54) is 11.1 Å². The summed E-state index contributed by atoms with van der Waals surface area (Å²) in [7, 11) is 0. The maximum atomic E-state index is 13.2. The zero-order valence-electron chi connectivity index (χ0n) is 19.8. The van der Waals surface area contributed by atoms with Gasteiger partial charge in [0.15, 0.2) is 5.82 Å². The van der Waals surface area contributed by atoms with Crippen LogP contribution in [-0.2, 0) is 9.53 Å². The largest absolute Gasteiger partial charge is 0.450 e. The monoisotopic (exact) mass is 451 g/mol. The van der Waals surface area contributed by atoms with Gasteiger partial charge in [0.25, 0.3) is 0 Å². The van der Waals surface area contributed by atoms with Crippen molar-refractivity contribution in [1.29, 1.82) is 0 Å². The molecular formula is C25H33N5O3. The molecule has 2 aliphatic rings. The Hall–Kier alpha value is -3.16. The fourth-order valence-electron chi connectivity index (χ4n) is 4.52. The van der Waals surface area contributed by atoms with Gasteiger partial charge in [-0.2, -0.15) is 0 Å². The standard InChI is InChI=1S/C25H33N5O3/c1-4-33-25(32)29-14-12-28(13-15-29)24(31)21-6-5-11-30(17-21)23-10-9-22(26-27-23)20-8-7-18(2)19(3)16-20/h7-10,16,21H,4-6,11-15,17H2,1-3H3/t21-/m1/s1. The summed E-state index contributed by atoms with van der Waals surface area (Å²) in [5.41, 5.74) is 4.41. The van der Waals surface area contributed by atoms with E-state index in [9.17, 15) is 9.59 Å². The highest BCUT2D eigenvalue weighted by molar-refractivity contribution is 5.80. The van der Waals surface area contributed by atoms with Crippen LogP contribution >= 0.6 is 0 Å². The van der Waals surface area contributed by atoms with Gasteiger partial charge in [-0.05, 0) is 62.9 Å². The molecule has 0 unspecified atom stereocenters. The molecule has 1 aromatic carbocycles. The minimum absolute atomic E-state index is 0.0610. The molecule has 8 heteroatoms. The van der Waals surface area contributed by atoms with Gasteiger partial charge in [-0.15, -0.1) is 10.2 Å². The van der Waals surface area contributed by atoms with Crippen LogP contribution in [0.5, 0.6) is 0 Å². The van der Waals surface area contributed by atoms with Gasteiger partial charge in [-0.25, -0.2) is 4.79 Å². The Morgan fingerprint density at radius 1 is 0.970 bits per heavy atom. The maximum absolute atomic E-state index is 13.2. The second kappa shape index (κ2) is 10.2. The minimum atomic E-state index is -0.295. The van der Waals surface area contributed by atoms with Crippen molar-refractivity contribution in [2.24, 2.45) is 5.92 Å². The number of piperidine rings is 1. The Labute approximate surface area is 195 Å². The lowest BCUT2D eigenvalue weighted by Crippen LogP contribution is -2.53. The van der Waals surface area contributed by atoms with Gasteiger partial charge >= 0.3 is 6.09 Å². The molecule has 176 valence electrons. The summed E-state index contributed by atoms with van der Waals surface area (Å²) in [6.45, 7) is 10.0. The number of nitrogens with zero attached hydrogens (tertiary/aromatic N) is 5. The van der Waals surface area contributed by atoms with E-state index in [0.717, 1.165) is 36.5 Å². The van der Waals surface area contributed by atoms with Gasteiger partial charge in [-0.1, -0.05) is 12.1 Å². The molecule has 0 radical (unpaired) electrons. The van der Waals surface area contributed by atoms with E-state index < -0.39 is 0 Å². The molecule has 4 rings (SSSR count). The Kier molecular flexibility index (Phi) is 7.11. The van der Waals surface area contributed by atoms with Gasteiger partial charge in [0, 0.05) is 44.8 Å². The number of aryl methyl sites for hydroxylation is 2. The first-order valence-electron chi connectivity index (χ1n) is 11.8. The van der Waals surface area contributed by atoms with Crippen LogP contribution in [0.3, 0.4) is 0 Å². The molecule has 2 aliphatic heterocycles. The Morgan fingerprint density at radius 3 is 2.39 bits per heavy atom. The molecule has 2 fully saturated rings. The number of ether oxygens (including phenoxy) is 1. The van der Waals surface area contributed by atoms with Crippen LogP contribution in [0.4, 0.5) is 10.6 Å². The van der Waals surface area contributed by atoms with Crippen molar-refractivity contribution < 1.29 is 14.3 Å². The quantitative estimate of drug-likeness (QED) is 0.710. The van der Waals surface area contributed by atoms with Crippen molar-refractivity contribution >= 4 is 17.8 Å². The Balaban J connectivity index is 1.36. The van der Waals surface area contributed by atoms with E-state index in [0.29, 0.717) is 39.3 Å². The van der Waals surface area contributed by atoms with E-state index in [-0.39, 0.29) is 17.9 Å². The number of carbonyl (C=O) groups excluding carboxylic acids is 2. The average molecular weight is 452 g/mol. The van der Waals surface area contributed by atoms with Crippen molar-refractivity contribution in [3.8, 4) is 11.3 Å². The van der Waals surface area contributed by atoms with Crippen LogP contribution in [0.2, 0.25) is 0 Å². The second-order valence-electron chi connectivity index (χ2n) is 8.87. The summed E-state index contributed by atoms with van der Waals surface area (Å²) in [4.78, 5) is 30.8. The first-order chi connectivity index (χ1) is 16.0. The fourth-order valence-corrected chi connectivity index (χ4v) is 4.52. The number of rotatable bonds is 4. The normalized spacial score (nSPS) is 18.9. The Morgan fingerprint density at radius 2 is 1.73 bits per heavy atom. The molecule has 3 heterocycles. The van der Waals surface area contributed by atoms with E-state index in [1.807, 2.05) is 17.0 Å². The molecule has 33 heavy (non-hydrogen) atoms. The van der Waals surface area contributed by atoms with Crippen molar-refractivity contribution in [3.05, 3.63) is 41.5 Å². The number of hydrogen-bond acceptors (Lipinski definition) is 6. The number of benzene rings is 1. The predicted octanol–water partition coefficient (Wildman–Crippen LogP) is 3.28. The van der Waals surface area contributed by atoms with Crippen molar-refractivity contribution in [1.82, 2.24) is 20.0 Å². The number of hydrogen-bond donors (Lipinski definition) is 0. The molecule has 2 saturated heterocycles. The molecule has 0 bridgehead atoms. The maximum Gasteiger partial charge on any atom is 0.409 e. The third kappa shape index (κ3) is 5.26. The molecule has 0 N–H and O–H groups in total. The Bertz CT molecular complexity index is 986. The summed E-state index contributed by atoms with van der Waals surface area (Å²) in [5, 5.41) is 8.94. The van der Waals surface area contributed by atoms with Gasteiger partial charge in [0.1, 0.15) is 0 Å². The van der Waals surface area contributed by atoms with E-state index in [1.54, 1.807) is 11.8 Å². The molecule has 1 aromatic heterocycles. The highest BCUT2D eigenvalue weighted by Gasteiger charge is 2.32. The zero-order chi connectivity index (χ0) is 23.4. The van der Waals surface area contributed by atoms with E-state index in [4.69, 9.17) is 4.74 Å². The highest BCUT2D eigenvalue weighted by atomic mass is 16.6. The lowest BCUT2D eigenvalue weighted by Gasteiger charge is -2.38. The summed E-state index contributed by atoms with van der Waals surface area (Å²) >= 11 is 0. The first kappa shape index (κ1) is 23.0. The predicted molar refractivity (Wildman–Crippen MR) is 127 cm³/mol. The summed E-state index contributed by atoms with van der Waals surface area (Å²) in [6.07, 6.45) is 1.53. The third-order valence-corrected chi connectivity index (χ3v) is 6.67. The summed E-state index contributed by atoms with van der Waals surface area (Å²) in [6, 6.07) is 10.3. The van der Waals surface area contributed by atoms with Crippen molar-refractivity contribution in [2.45, 2.75) is 33.6 Å². The van der Waals surface area contributed by atoms with E-state index in [2.05, 4.69) is 47.1 Å². The molecule has 0 aliphatic carbocycles. The van der Waals surface area contributed by atoms with Crippen LogP contribution in [0.15, 0.2) is 30.3 Å². The van der Waals surface area contributed by atoms with Gasteiger partial charge in [0.2, 0.25) is 5.91 Å². The third-order valence-electron chi connectivity index (χ3n) is 6.67. The number of amides is 2. The van der Waals surface area contributed by atoms with Crippen LogP contribution in [-0.4, -0.2) is 77.9 Å². The molecular weight excluding hydrogens is 418 g/mol. The average Bonchev–Trinajstić information content (AvgIpc) is 2.86. The number of aromatic nitrogens is 2. The highest BCUT2D eigenvalue weighted by Crippen LogP contribution is 2.25. The molecule has 1 atom stereocenters. The van der Waals surface area contributed by atoms with Crippen LogP contribution in [0.25, 0.3) is 11.3 Å². The summed E-state index contributed by atoms with van der Waals surface area (Å²) in [5.74, 6) is 0.921. The van der Waals surface area contributed by atoms with E-state index >= 15 is 0 Å². The zero-order valence-corrected chi connectivity index (χ0v) is 19.8. The molecule has 0 saturated carbocycles. The van der Waals surface area contributed by atoms with Crippen LogP contribution < -0.4 is 4.90 Å². The number of piperazine rings is 1. The van der Waals surface area contributed by atoms with Gasteiger partial charge in [-0.3, -0.25) is 4.79 Å². The van der Waals surface area contributed by atoms with Crippen molar-refractivity contribution in [2.75, 3.05) is 50.8 Å². The smallest absolute Gasteiger partial charge is 0.409 e. The SMILES string of the molecule is CCOC(=O)N1CCN(C(=O)[C@@H]2CCCN(c3ccc(-c4ccc(C)c(C)c4)nn3)C2)CC1. The molecule has 8 nitrogen and oxygen atoms in total. The molecule has 2 amide bonds. The summed E-state index contributed by atoms with van der Waals surface area (Å²) < 4.78 is 5.07. The number of carbonyl (C=O) groups is 2. The van der Waals surface area contributed by atoms with Crippen LogP contribution in [0.1, 0.15) is 30.9 Å². The number of anilines is 1. The first-order valence-corrected chi connectivity index (χ1v) is 11.8. The van der Waals surface area contributed by atoms with Crippen LogP contribution in [0, 0.1) is 19.8 Å². The minimum Gasteiger partial charge on any atom is -0.450 e.